The summed E-state index contributed by atoms with van der Waals surface area (Å²) in [6.07, 6.45) is 1.64. The zero-order valence-electron chi connectivity index (χ0n) is 13.8. The van der Waals surface area contributed by atoms with E-state index in [2.05, 4.69) is 15.0 Å². The summed E-state index contributed by atoms with van der Waals surface area (Å²) in [5.74, 6) is 0.0396. The van der Waals surface area contributed by atoms with Crippen molar-refractivity contribution in [2.75, 3.05) is 7.11 Å². The van der Waals surface area contributed by atoms with E-state index in [-0.39, 0.29) is 18.0 Å². The maximum Gasteiger partial charge on any atom is 0.269 e. The summed E-state index contributed by atoms with van der Waals surface area (Å²) >= 11 is 1.29. The number of benzene rings is 1. The first-order chi connectivity index (χ1) is 12.7. The van der Waals surface area contributed by atoms with Crippen molar-refractivity contribution < 1.29 is 9.13 Å². The molecule has 7 heteroatoms. The highest BCUT2D eigenvalue weighted by Crippen LogP contribution is 2.32. The van der Waals surface area contributed by atoms with Crippen LogP contribution in [0.5, 0.6) is 0 Å². The molecule has 0 unspecified atom stereocenters. The van der Waals surface area contributed by atoms with Crippen LogP contribution in [0.1, 0.15) is 5.56 Å². The molecule has 0 amide bonds. The molecule has 0 bridgehead atoms. The number of rotatable bonds is 4. The molecule has 0 radical (unpaired) electrons. The third-order valence-corrected chi connectivity index (χ3v) is 4.97. The van der Waals surface area contributed by atoms with E-state index in [1.807, 2.05) is 17.5 Å². The number of hydrogen-bond acceptors (Lipinski definition) is 5. The van der Waals surface area contributed by atoms with Crippen molar-refractivity contribution >= 4 is 21.6 Å². The molecule has 130 valence electrons. The van der Waals surface area contributed by atoms with Gasteiger partial charge in [0.15, 0.2) is 5.82 Å². The third-order valence-electron chi connectivity index (χ3n) is 4.00. The van der Waals surface area contributed by atoms with Crippen LogP contribution in [-0.4, -0.2) is 22.1 Å². The van der Waals surface area contributed by atoms with Crippen LogP contribution in [0.15, 0.2) is 52.8 Å². The van der Waals surface area contributed by atoms with Gasteiger partial charge in [-0.1, -0.05) is 18.2 Å². The van der Waals surface area contributed by atoms with Crippen molar-refractivity contribution in [1.29, 1.82) is 0 Å². The fraction of sp³-hybridized carbons (Fsp3) is 0.105. The second-order valence-corrected chi connectivity index (χ2v) is 6.58. The van der Waals surface area contributed by atoms with Gasteiger partial charge in [-0.2, -0.15) is 0 Å². The number of pyridine rings is 1. The fourth-order valence-electron chi connectivity index (χ4n) is 2.74. The molecule has 0 atom stereocenters. The summed E-state index contributed by atoms with van der Waals surface area (Å²) in [5, 5.41) is 1.82. The van der Waals surface area contributed by atoms with Gasteiger partial charge in [0.2, 0.25) is 0 Å². The van der Waals surface area contributed by atoms with Crippen molar-refractivity contribution in [3.63, 3.8) is 0 Å². The molecule has 0 saturated heterocycles. The minimum absolute atomic E-state index is 0.207. The lowest BCUT2D eigenvalue weighted by molar-refractivity contribution is 0.181. The zero-order valence-corrected chi connectivity index (χ0v) is 14.6. The predicted octanol–water partition coefficient (Wildman–Crippen LogP) is 4.00. The number of nitrogens with zero attached hydrogens (tertiary/aromatic N) is 2. The molecule has 0 aliphatic heterocycles. The quantitative estimate of drug-likeness (QED) is 0.592. The summed E-state index contributed by atoms with van der Waals surface area (Å²) < 4.78 is 19.8. The first kappa shape index (κ1) is 16.6. The molecule has 0 spiro atoms. The van der Waals surface area contributed by atoms with Crippen LogP contribution >= 0.6 is 11.3 Å². The normalized spacial score (nSPS) is 11.2. The molecule has 5 nitrogen and oxygen atoms in total. The molecule has 0 saturated carbocycles. The van der Waals surface area contributed by atoms with E-state index in [1.165, 1.54) is 24.5 Å². The minimum atomic E-state index is -0.349. The van der Waals surface area contributed by atoms with Crippen LogP contribution in [0.25, 0.3) is 32.9 Å². The van der Waals surface area contributed by atoms with Gasteiger partial charge in [0.1, 0.15) is 16.2 Å². The smallest absolute Gasteiger partial charge is 0.269 e. The number of aromatic amines is 1. The predicted molar refractivity (Wildman–Crippen MR) is 99.6 cm³/mol. The molecular weight excluding hydrogens is 353 g/mol. The Bertz CT molecular complexity index is 1140. The van der Waals surface area contributed by atoms with E-state index in [0.29, 0.717) is 32.9 Å². The van der Waals surface area contributed by atoms with Crippen molar-refractivity contribution in [3.05, 3.63) is 69.7 Å². The topological polar surface area (TPSA) is 67.9 Å². The third kappa shape index (κ3) is 2.91. The van der Waals surface area contributed by atoms with Crippen LogP contribution in [0, 0.1) is 5.82 Å². The second-order valence-electron chi connectivity index (χ2n) is 5.70. The summed E-state index contributed by atoms with van der Waals surface area (Å²) in [4.78, 5) is 24.0. The summed E-state index contributed by atoms with van der Waals surface area (Å²) in [5.41, 5.74) is 2.75. The maximum absolute atomic E-state index is 14.3. The van der Waals surface area contributed by atoms with E-state index in [0.717, 1.165) is 5.56 Å². The molecule has 0 aliphatic carbocycles. The number of H-pyrrole nitrogens is 1. The van der Waals surface area contributed by atoms with E-state index in [1.54, 1.807) is 24.4 Å². The highest BCUT2D eigenvalue weighted by molar-refractivity contribution is 7.17. The first-order valence-electron chi connectivity index (χ1n) is 7.88. The molecule has 26 heavy (non-hydrogen) atoms. The number of aromatic nitrogens is 3. The second kappa shape index (κ2) is 6.78. The van der Waals surface area contributed by atoms with E-state index in [9.17, 15) is 9.18 Å². The van der Waals surface area contributed by atoms with Crippen molar-refractivity contribution in [3.8, 4) is 22.6 Å². The minimum Gasteiger partial charge on any atom is -0.380 e. The highest BCUT2D eigenvalue weighted by Gasteiger charge is 2.15. The van der Waals surface area contributed by atoms with Gasteiger partial charge < -0.3 is 9.72 Å². The van der Waals surface area contributed by atoms with Gasteiger partial charge in [0.25, 0.3) is 5.56 Å². The number of ether oxygens (including phenoxy) is 1. The largest absolute Gasteiger partial charge is 0.380 e. The van der Waals surface area contributed by atoms with Crippen LogP contribution in [0.2, 0.25) is 0 Å². The molecular formula is C19H14FN3O2S. The van der Waals surface area contributed by atoms with Gasteiger partial charge >= 0.3 is 0 Å². The Morgan fingerprint density at radius 1 is 1.27 bits per heavy atom. The SMILES string of the molecule is COCc1ccc(-c2csc3c(=O)[nH]c(-c4ccccn4)nc23)cc1F. The van der Waals surface area contributed by atoms with Crippen molar-refractivity contribution in [2.45, 2.75) is 6.61 Å². The van der Waals surface area contributed by atoms with Gasteiger partial charge in [0.05, 0.1) is 12.1 Å². The van der Waals surface area contributed by atoms with Gasteiger partial charge in [0, 0.05) is 29.8 Å². The molecule has 0 fully saturated rings. The Morgan fingerprint density at radius 3 is 2.88 bits per heavy atom. The highest BCUT2D eigenvalue weighted by atomic mass is 32.1. The standard InChI is InChI=1S/C19H14FN3O2S/c1-25-9-12-6-5-11(8-14(12)20)13-10-26-17-16(13)22-18(23-19(17)24)15-4-2-3-7-21-15/h2-8,10H,9H2,1H3,(H,22,23,24). The number of methoxy groups -OCH3 is 1. The molecule has 4 aromatic rings. The average molecular weight is 367 g/mol. The van der Waals surface area contributed by atoms with Gasteiger partial charge in [-0.25, -0.2) is 9.37 Å². The number of thiophene rings is 1. The Labute approximate surface area is 152 Å². The Morgan fingerprint density at radius 2 is 2.15 bits per heavy atom. The van der Waals surface area contributed by atoms with Gasteiger partial charge in [-0.3, -0.25) is 9.78 Å². The van der Waals surface area contributed by atoms with E-state index < -0.39 is 0 Å². The lowest BCUT2D eigenvalue weighted by Crippen LogP contribution is -2.08. The lowest BCUT2D eigenvalue weighted by Gasteiger charge is -2.06. The Kier molecular flexibility index (Phi) is 4.32. The van der Waals surface area contributed by atoms with E-state index in [4.69, 9.17) is 4.74 Å². The summed E-state index contributed by atoms with van der Waals surface area (Å²) in [6.45, 7) is 0.207. The summed E-state index contributed by atoms with van der Waals surface area (Å²) in [7, 11) is 1.52. The van der Waals surface area contributed by atoms with Crippen LogP contribution < -0.4 is 5.56 Å². The number of fused-ring (bicyclic) bond motifs is 1. The molecule has 3 heterocycles. The average Bonchev–Trinajstić information content (AvgIpc) is 3.09. The van der Waals surface area contributed by atoms with Crippen LogP contribution in [0.3, 0.4) is 0 Å². The fourth-order valence-corrected chi connectivity index (χ4v) is 3.65. The van der Waals surface area contributed by atoms with E-state index >= 15 is 0 Å². The zero-order chi connectivity index (χ0) is 18.1. The summed E-state index contributed by atoms with van der Waals surface area (Å²) in [6, 6.07) is 10.3. The maximum atomic E-state index is 14.3. The monoisotopic (exact) mass is 367 g/mol. The molecule has 1 aromatic carbocycles. The molecule has 0 aliphatic rings. The molecule has 1 N–H and O–H groups in total. The number of hydrogen-bond donors (Lipinski definition) is 1. The molecule has 3 aromatic heterocycles. The Hall–Kier alpha value is -2.90. The van der Waals surface area contributed by atoms with Crippen molar-refractivity contribution in [2.24, 2.45) is 0 Å². The first-order valence-corrected chi connectivity index (χ1v) is 8.76. The lowest BCUT2D eigenvalue weighted by atomic mass is 10.1. The Balaban J connectivity index is 1.88. The van der Waals surface area contributed by atoms with Crippen LogP contribution in [0.4, 0.5) is 4.39 Å². The van der Waals surface area contributed by atoms with Gasteiger partial charge in [-0.15, -0.1) is 11.3 Å². The number of nitrogens with one attached hydrogen (secondary N) is 1. The van der Waals surface area contributed by atoms with Crippen molar-refractivity contribution in [1.82, 2.24) is 15.0 Å². The molecule has 4 rings (SSSR count). The van der Waals surface area contributed by atoms with Crippen LogP contribution in [-0.2, 0) is 11.3 Å². The van der Waals surface area contributed by atoms with Gasteiger partial charge in [-0.05, 0) is 23.8 Å². The number of halogens is 1.